The van der Waals surface area contributed by atoms with Gasteiger partial charge in [-0.25, -0.2) is 9.97 Å². The van der Waals surface area contributed by atoms with Crippen molar-refractivity contribution in [3.63, 3.8) is 0 Å². The highest BCUT2D eigenvalue weighted by atomic mass is 15.3. The maximum Gasteiger partial charge on any atom is 0.146 e. The Labute approximate surface area is 160 Å². The molecule has 2 N–H and O–H groups in total. The highest BCUT2D eigenvalue weighted by Crippen LogP contribution is 2.29. The van der Waals surface area contributed by atoms with Crippen molar-refractivity contribution in [2.75, 3.05) is 56.9 Å². The zero-order valence-corrected chi connectivity index (χ0v) is 16.3. The molecule has 0 unspecified atom stereocenters. The topological polar surface area (TPSA) is 92.2 Å². The number of nitrogens with two attached hydrogens (primary N) is 1. The van der Waals surface area contributed by atoms with Crippen molar-refractivity contribution in [2.24, 2.45) is 7.05 Å². The van der Waals surface area contributed by atoms with Gasteiger partial charge in [-0.05, 0) is 19.9 Å². The lowest BCUT2D eigenvalue weighted by Gasteiger charge is -2.33. The third-order valence-corrected chi connectivity index (χ3v) is 5.82. The van der Waals surface area contributed by atoms with E-state index in [1.807, 2.05) is 6.07 Å². The number of aromatic nitrogens is 5. The van der Waals surface area contributed by atoms with Gasteiger partial charge in [0, 0.05) is 58.3 Å². The van der Waals surface area contributed by atoms with E-state index in [-0.39, 0.29) is 0 Å². The Morgan fingerprint density at radius 3 is 2.44 bits per heavy atom. The highest BCUT2D eigenvalue weighted by Gasteiger charge is 2.26. The van der Waals surface area contributed by atoms with Gasteiger partial charge in [0.1, 0.15) is 29.6 Å². The number of nitrogens with zero attached hydrogens (tertiary/aromatic N) is 8. The summed E-state index contributed by atoms with van der Waals surface area (Å²) in [5.74, 6) is 4.05. The summed E-state index contributed by atoms with van der Waals surface area (Å²) in [5, 5.41) is 9.04. The molecule has 0 spiro atoms. The number of likely N-dealkylation sites (N-methyl/N-ethyl adjacent to an activating group) is 1. The molecule has 2 aliphatic heterocycles. The molecular weight excluding hydrogens is 342 g/mol. The van der Waals surface area contributed by atoms with Crippen molar-refractivity contribution in [3.05, 3.63) is 24.0 Å². The van der Waals surface area contributed by atoms with Crippen LogP contribution in [0.1, 0.15) is 30.4 Å². The molecule has 0 aromatic carbocycles. The normalized spacial score (nSPS) is 20.3. The monoisotopic (exact) mass is 371 g/mol. The van der Waals surface area contributed by atoms with E-state index >= 15 is 0 Å². The highest BCUT2D eigenvalue weighted by molar-refractivity contribution is 5.46. The van der Waals surface area contributed by atoms with Gasteiger partial charge in [-0.1, -0.05) is 0 Å². The van der Waals surface area contributed by atoms with E-state index < -0.39 is 0 Å². The summed E-state index contributed by atoms with van der Waals surface area (Å²) in [5.41, 5.74) is 5.78. The summed E-state index contributed by atoms with van der Waals surface area (Å²) < 4.78 is 2.21. The van der Waals surface area contributed by atoms with Crippen LogP contribution in [0.3, 0.4) is 0 Å². The molecule has 4 rings (SSSR count). The molecule has 0 aliphatic carbocycles. The summed E-state index contributed by atoms with van der Waals surface area (Å²) >= 11 is 0. The predicted octanol–water partition coefficient (Wildman–Crippen LogP) is 0.319. The van der Waals surface area contributed by atoms with Gasteiger partial charge in [0.15, 0.2) is 0 Å². The van der Waals surface area contributed by atoms with Gasteiger partial charge < -0.3 is 20.1 Å². The molecule has 0 saturated carbocycles. The van der Waals surface area contributed by atoms with Crippen molar-refractivity contribution in [2.45, 2.75) is 25.3 Å². The average molecular weight is 371 g/mol. The first-order valence-corrected chi connectivity index (χ1v) is 9.71. The molecule has 0 atom stereocenters. The lowest BCUT2D eigenvalue weighted by atomic mass is 9.96. The van der Waals surface area contributed by atoms with Crippen molar-refractivity contribution in [1.29, 1.82) is 0 Å². The minimum absolute atomic E-state index is 0.444. The Balaban J connectivity index is 1.37. The van der Waals surface area contributed by atoms with Gasteiger partial charge in [0.2, 0.25) is 0 Å². The molecule has 2 aliphatic rings. The molecule has 9 heteroatoms. The number of piperazine rings is 1. The molecule has 0 radical (unpaired) electrons. The summed E-state index contributed by atoms with van der Waals surface area (Å²) in [6.45, 7) is 7.21. The minimum Gasteiger partial charge on any atom is -0.384 e. The lowest BCUT2D eigenvalue weighted by Crippen LogP contribution is -2.44. The van der Waals surface area contributed by atoms with Crippen LogP contribution in [0.25, 0.3) is 0 Å². The Hall–Kier alpha value is -2.26. The SMILES string of the molecule is CN1CCN(Cc2nnc(C3CCN(c4cc(N)ncn4)CC3)n2C)CC1. The second-order valence-corrected chi connectivity index (χ2v) is 7.68. The van der Waals surface area contributed by atoms with Gasteiger partial charge in [-0.15, -0.1) is 10.2 Å². The molecule has 2 aromatic rings. The first-order valence-electron chi connectivity index (χ1n) is 9.71. The third-order valence-electron chi connectivity index (χ3n) is 5.82. The van der Waals surface area contributed by atoms with E-state index in [1.54, 1.807) is 0 Å². The lowest BCUT2D eigenvalue weighted by molar-refractivity contribution is 0.144. The van der Waals surface area contributed by atoms with Gasteiger partial charge >= 0.3 is 0 Å². The molecule has 2 saturated heterocycles. The first-order chi connectivity index (χ1) is 13.1. The molecule has 2 fully saturated rings. The van der Waals surface area contributed by atoms with E-state index in [1.165, 1.54) is 6.33 Å². The fraction of sp³-hybridized carbons (Fsp3) is 0.667. The minimum atomic E-state index is 0.444. The second-order valence-electron chi connectivity index (χ2n) is 7.68. The quantitative estimate of drug-likeness (QED) is 0.821. The Morgan fingerprint density at radius 2 is 1.74 bits per heavy atom. The number of hydrogen-bond acceptors (Lipinski definition) is 8. The van der Waals surface area contributed by atoms with Crippen LogP contribution in [0.5, 0.6) is 0 Å². The zero-order chi connectivity index (χ0) is 18.8. The van der Waals surface area contributed by atoms with Crippen LogP contribution >= 0.6 is 0 Å². The van der Waals surface area contributed by atoms with Crippen molar-refractivity contribution in [3.8, 4) is 0 Å². The summed E-state index contributed by atoms with van der Waals surface area (Å²) in [6.07, 6.45) is 3.62. The third kappa shape index (κ3) is 4.03. The number of nitrogen functional groups attached to an aromatic ring is 1. The fourth-order valence-corrected chi connectivity index (χ4v) is 3.98. The van der Waals surface area contributed by atoms with Crippen LogP contribution in [-0.4, -0.2) is 80.8 Å². The molecule has 27 heavy (non-hydrogen) atoms. The molecule has 2 aromatic heterocycles. The van der Waals surface area contributed by atoms with Gasteiger partial charge in [-0.2, -0.15) is 0 Å². The number of hydrogen-bond donors (Lipinski definition) is 1. The number of piperidine rings is 1. The van der Waals surface area contributed by atoms with Crippen molar-refractivity contribution < 1.29 is 0 Å². The van der Waals surface area contributed by atoms with Crippen LogP contribution < -0.4 is 10.6 Å². The standard InChI is InChI=1S/C18H29N9/c1-24-7-9-26(10-8-24)12-17-22-23-18(25(17)2)14-3-5-27(6-4-14)16-11-15(19)20-13-21-16/h11,13-14H,3-10,12H2,1-2H3,(H2,19,20,21). The summed E-state index contributed by atoms with van der Waals surface area (Å²) in [7, 11) is 4.29. The zero-order valence-electron chi connectivity index (χ0n) is 16.3. The van der Waals surface area contributed by atoms with Crippen molar-refractivity contribution in [1.82, 2.24) is 34.5 Å². The first kappa shape index (κ1) is 18.1. The Bertz CT molecular complexity index is 758. The van der Waals surface area contributed by atoms with E-state index in [0.717, 1.165) is 76.1 Å². The predicted molar refractivity (Wildman–Crippen MR) is 104 cm³/mol. The molecule has 0 bridgehead atoms. The second kappa shape index (κ2) is 7.77. The molecule has 9 nitrogen and oxygen atoms in total. The van der Waals surface area contributed by atoms with Crippen LogP contribution in [0.15, 0.2) is 12.4 Å². The molecule has 0 amide bonds. The van der Waals surface area contributed by atoms with Gasteiger partial charge in [0.05, 0.1) is 6.54 Å². The smallest absolute Gasteiger partial charge is 0.146 e. The number of anilines is 2. The van der Waals surface area contributed by atoms with Crippen molar-refractivity contribution >= 4 is 11.6 Å². The van der Waals surface area contributed by atoms with Crippen LogP contribution in [0, 0.1) is 0 Å². The van der Waals surface area contributed by atoms with Crippen LogP contribution in [-0.2, 0) is 13.6 Å². The van der Waals surface area contributed by atoms with Gasteiger partial charge in [-0.3, -0.25) is 4.90 Å². The molecule has 146 valence electrons. The van der Waals surface area contributed by atoms with Crippen LogP contribution in [0.2, 0.25) is 0 Å². The largest absolute Gasteiger partial charge is 0.384 e. The maximum atomic E-state index is 5.78. The average Bonchev–Trinajstić information content (AvgIpc) is 3.04. The Kier molecular flexibility index (Phi) is 5.22. The molecule has 4 heterocycles. The van der Waals surface area contributed by atoms with E-state index in [4.69, 9.17) is 5.73 Å². The van der Waals surface area contributed by atoms with E-state index in [0.29, 0.717) is 11.7 Å². The Morgan fingerprint density at radius 1 is 1.00 bits per heavy atom. The van der Waals surface area contributed by atoms with E-state index in [9.17, 15) is 0 Å². The molecular formula is C18H29N9. The maximum absolute atomic E-state index is 5.78. The van der Waals surface area contributed by atoms with E-state index in [2.05, 4.69) is 53.5 Å². The van der Waals surface area contributed by atoms with Gasteiger partial charge in [0.25, 0.3) is 0 Å². The fourth-order valence-electron chi connectivity index (χ4n) is 3.98. The summed E-state index contributed by atoms with van der Waals surface area (Å²) in [4.78, 5) is 15.4. The summed E-state index contributed by atoms with van der Waals surface area (Å²) in [6, 6.07) is 1.84. The number of rotatable bonds is 4. The van der Waals surface area contributed by atoms with Crippen LogP contribution in [0.4, 0.5) is 11.6 Å².